The van der Waals surface area contributed by atoms with Gasteiger partial charge in [-0.05, 0) is 30.0 Å². The number of nitrogens with one attached hydrogen (secondary N) is 1. The zero-order valence-electron chi connectivity index (χ0n) is 14.6. The van der Waals surface area contributed by atoms with E-state index in [0.29, 0.717) is 18.5 Å². The van der Waals surface area contributed by atoms with Gasteiger partial charge in [0.05, 0.1) is 12.4 Å². The second kappa shape index (κ2) is 7.55. The van der Waals surface area contributed by atoms with Crippen molar-refractivity contribution in [1.82, 2.24) is 19.8 Å². The van der Waals surface area contributed by atoms with Gasteiger partial charge >= 0.3 is 0 Å². The van der Waals surface area contributed by atoms with Crippen LogP contribution in [0.3, 0.4) is 0 Å². The largest absolute Gasteiger partial charge is 0.505 e. The van der Waals surface area contributed by atoms with Gasteiger partial charge in [0.1, 0.15) is 0 Å². The van der Waals surface area contributed by atoms with Crippen molar-refractivity contribution in [2.75, 3.05) is 20.1 Å². The Morgan fingerprint density at radius 3 is 3.00 bits per heavy atom. The highest BCUT2D eigenvalue weighted by atomic mass is 19.1. The lowest BCUT2D eigenvalue weighted by Crippen LogP contribution is -2.48. The number of piperidine rings is 1. The number of aromatic nitrogens is 2. The van der Waals surface area contributed by atoms with Gasteiger partial charge in [-0.3, -0.25) is 4.99 Å². The average Bonchev–Trinajstić information content (AvgIpc) is 3.14. The number of hydrogen-bond acceptors (Lipinski definition) is 3. The molecule has 0 spiro atoms. The fraction of sp³-hybridized carbons (Fsp3) is 0.444. The van der Waals surface area contributed by atoms with Crippen LogP contribution in [-0.4, -0.2) is 45.7 Å². The number of rotatable bonds is 3. The number of phenolic OH excluding ortho intramolecular Hbond substituents is 1. The predicted molar refractivity (Wildman–Crippen MR) is 94.9 cm³/mol. The number of nitrogens with zero attached hydrogens (tertiary/aromatic N) is 4. The number of aromatic hydroxyl groups is 1. The molecular weight excluding hydrogens is 321 g/mol. The molecule has 1 aromatic carbocycles. The number of benzene rings is 1. The van der Waals surface area contributed by atoms with Crippen molar-refractivity contribution in [1.29, 1.82) is 0 Å². The van der Waals surface area contributed by atoms with Gasteiger partial charge in [-0.15, -0.1) is 0 Å². The Morgan fingerprint density at radius 2 is 2.32 bits per heavy atom. The van der Waals surface area contributed by atoms with E-state index in [-0.39, 0.29) is 5.75 Å². The molecule has 3 rings (SSSR count). The molecular formula is C18H24FN5O. The van der Waals surface area contributed by atoms with E-state index < -0.39 is 5.82 Å². The third-order valence-electron chi connectivity index (χ3n) is 4.80. The van der Waals surface area contributed by atoms with Crippen molar-refractivity contribution in [2.24, 2.45) is 10.9 Å². The van der Waals surface area contributed by atoms with E-state index >= 15 is 0 Å². The number of likely N-dealkylation sites (tertiary alicyclic amines) is 1. The first-order valence-electron chi connectivity index (χ1n) is 8.49. The highest BCUT2D eigenvalue weighted by molar-refractivity contribution is 5.80. The highest BCUT2D eigenvalue weighted by Crippen LogP contribution is 2.27. The van der Waals surface area contributed by atoms with Gasteiger partial charge < -0.3 is 19.9 Å². The third-order valence-corrected chi connectivity index (χ3v) is 4.80. The number of guanidine groups is 1. The lowest BCUT2D eigenvalue weighted by molar-refractivity contribution is 0.189. The summed E-state index contributed by atoms with van der Waals surface area (Å²) < 4.78 is 15.6. The molecule has 2 aromatic rings. The number of halogens is 1. The second-order valence-electron chi connectivity index (χ2n) is 6.48. The van der Waals surface area contributed by atoms with E-state index in [1.165, 1.54) is 12.1 Å². The molecule has 2 N–H and O–H groups in total. The van der Waals surface area contributed by atoms with Crippen LogP contribution in [0.5, 0.6) is 5.75 Å². The number of phenols is 1. The first kappa shape index (κ1) is 17.3. The van der Waals surface area contributed by atoms with E-state index in [0.717, 1.165) is 31.0 Å². The summed E-state index contributed by atoms with van der Waals surface area (Å²) >= 11 is 0. The summed E-state index contributed by atoms with van der Waals surface area (Å²) in [5, 5.41) is 12.6. The SMILES string of the molecule is CN=C(NCc1ccc(O)c(F)c1)N1CCC(C)C(n2ccnc2)C1. The van der Waals surface area contributed by atoms with E-state index in [1.54, 1.807) is 19.3 Å². The first-order valence-corrected chi connectivity index (χ1v) is 8.49. The molecule has 25 heavy (non-hydrogen) atoms. The first-order chi connectivity index (χ1) is 12.1. The normalized spacial score (nSPS) is 21.4. The van der Waals surface area contributed by atoms with Crippen LogP contribution in [0.2, 0.25) is 0 Å². The Morgan fingerprint density at radius 1 is 1.48 bits per heavy atom. The van der Waals surface area contributed by atoms with E-state index in [2.05, 4.69) is 31.7 Å². The summed E-state index contributed by atoms with van der Waals surface area (Å²) in [6.07, 6.45) is 6.73. The van der Waals surface area contributed by atoms with Gasteiger partial charge in [0.15, 0.2) is 17.5 Å². The number of aliphatic imine (C=N–C) groups is 1. The van der Waals surface area contributed by atoms with Crippen LogP contribution < -0.4 is 5.32 Å². The molecule has 1 fully saturated rings. The molecule has 6 nitrogen and oxygen atoms in total. The number of imidazole rings is 1. The summed E-state index contributed by atoms with van der Waals surface area (Å²) in [6.45, 7) is 4.49. The summed E-state index contributed by atoms with van der Waals surface area (Å²) in [6, 6.07) is 4.75. The van der Waals surface area contributed by atoms with Crippen molar-refractivity contribution < 1.29 is 9.50 Å². The van der Waals surface area contributed by atoms with Crippen LogP contribution in [0.1, 0.15) is 24.9 Å². The second-order valence-corrected chi connectivity index (χ2v) is 6.48. The fourth-order valence-electron chi connectivity index (χ4n) is 3.27. The molecule has 0 radical (unpaired) electrons. The molecule has 2 atom stereocenters. The standard InChI is InChI=1S/C18H24FN5O/c1-13-5-7-23(11-16(13)24-8-6-21-12-24)18(20-2)22-10-14-3-4-17(25)15(19)9-14/h3-4,6,8-9,12-13,16,25H,5,7,10-11H2,1-2H3,(H,20,22). The molecule has 1 aliphatic rings. The van der Waals surface area contributed by atoms with Crippen molar-refractivity contribution in [3.63, 3.8) is 0 Å². The topological polar surface area (TPSA) is 65.7 Å². The Balaban J connectivity index is 1.65. The van der Waals surface area contributed by atoms with Gasteiger partial charge in [0.25, 0.3) is 0 Å². The quantitative estimate of drug-likeness (QED) is 0.662. The third kappa shape index (κ3) is 3.92. The summed E-state index contributed by atoms with van der Waals surface area (Å²) in [4.78, 5) is 10.8. The summed E-state index contributed by atoms with van der Waals surface area (Å²) in [5.41, 5.74) is 0.757. The Kier molecular flexibility index (Phi) is 5.21. The van der Waals surface area contributed by atoms with E-state index in [4.69, 9.17) is 0 Å². The lowest BCUT2D eigenvalue weighted by atomic mass is 9.93. The lowest BCUT2D eigenvalue weighted by Gasteiger charge is -2.39. The molecule has 0 aliphatic carbocycles. The molecule has 134 valence electrons. The van der Waals surface area contributed by atoms with Crippen LogP contribution in [-0.2, 0) is 6.54 Å². The van der Waals surface area contributed by atoms with Crippen molar-refractivity contribution in [3.8, 4) is 5.75 Å². The average molecular weight is 345 g/mol. The summed E-state index contributed by atoms with van der Waals surface area (Å²) in [7, 11) is 1.75. The minimum absolute atomic E-state index is 0.332. The molecule has 0 amide bonds. The molecule has 1 saturated heterocycles. The maximum absolute atomic E-state index is 13.5. The van der Waals surface area contributed by atoms with Crippen LogP contribution in [0.25, 0.3) is 0 Å². The predicted octanol–water partition coefficient (Wildman–Crippen LogP) is 2.39. The van der Waals surface area contributed by atoms with E-state index in [9.17, 15) is 9.50 Å². The van der Waals surface area contributed by atoms with Crippen molar-refractivity contribution in [3.05, 3.63) is 48.3 Å². The number of hydrogen-bond donors (Lipinski definition) is 2. The molecule has 2 unspecified atom stereocenters. The minimum atomic E-state index is -0.610. The van der Waals surface area contributed by atoms with Gasteiger partial charge in [-0.2, -0.15) is 0 Å². The maximum Gasteiger partial charge on any atom is 0.193 e. The Labute approximate surface area is 147 Å². The minimum Gasteiger partial charge on any atom is -0.505 e. The van der Waals surface area contributed by atoms with Gasteiger partial charge in [-0.25, -0.2) is 9.37 Å². The fourth-order valence-corrected chi connectivity index (χ4v) is 3.27. The van der Waals surface area contributed by atoms with Crippen LogP contribution in [0.4, 0.5) is 4.39 Å². The van der Waals surface area contributed by atoms with Crippen molar-refractivity contribution in [2.45, 2.75) is 25.9 Å². The highest BCUT2D eigenvalue weighted by Gasteiger charge is 2.28. The van der Waals surface area contributed by atoms with Gasteiger partial charge in [0.2, 0.25) is 0 Å². The zero-order chi connectivity index (χ0) is 17.8. The molecule has 1 aromatic heterocycles. The van der Waals surface area contributed by atoms with Gasteiger partial charge in [0, 0.05) is 39.1 Å². The maximum atomic E-state index is 13.5. The van der Waals surface area contributed by atoms with Crippen LogP contribution >= 0.6 is 0 Å². The smallest absolute Gasteiger partial charge is 0.193 e. The molecule has 0 saturated carbocycles. The van der Waals surface area contributed by atoms with Crippen molar-refractivity contribution >= 4 is 5.96 Å². The van der Waals surface area contributed by atoms with Gasteiger partial charge in [-0.1, -0.05) is 13.0 Å². The summed E-state index contributed by atoms with van der Waals surface area (Å²) in [5.74, 6) is 0.419. The molecule has 0 bridgehead atoms. The Hall–Kier alpha value is -2.57. The van der Waals surface area contributed by atoms with Crippen LogP contribution in [0.15, 0.2) is 41.9 Å². The monoisotopic (exact) mass is 345 g/mol. The Bertz CT molecular complexity index is 731. The van der Waals surface area contributed by atoms with E-state index in [1.807, 2.05) is 12.5 Å². The molecule has 1 aliphatic heterocycles. The molecule has 7 heteroatoms. The molecule has 2 heterocycles. The van der Waals surface area contributed by atoms with Crippen LogP contribution in [0, 0.1) is 11.7 Å². The zero-order valence-corrected chi connectivity index (χ0v) is 14.6.